The van der Waals surface area contributed by atoms with Gasteiger partial charge in [-0.05, 0) is 54.3 Å². The monoisotopic (exact) mass is 394 g/mol. The van der Waals surface area contributed by atoms with Crippen LogP contribution in [0.1, 0.15) is 17.5 Å². The van der Waals surface area contributed by atoms with Crippen LogP contribution in [0.4, 0.5) is 5.69 Å². The predicted molar refractivity (Wildman–Crippen MR) is 108 cm³/mol. The highest BCUT2D eigenvalue weighted by Crippen LogP contribution is 2.53. The number of rotatable bonds is 7. The van der Waals surface area contributed by atoms with E-state index in [0.29, 0.717) is 24.5 Å². The number of carbonyl (C=O) groups excluding carboxylic acids is 1. The molecule has 2 aromatic carbocycles. The molecule has 1 saturated heterocycles. The first-order chi connectivity index (χ1) is 14.0. The number of non-ortho nitro benzene ring substituents is 1. The van der Waals surface area contributed by atoms with Gasteiger partial charge < -0.3 is 14.4 Å². The van der Waals surface area contributed by atoms with Crippen molar-refractivity contribution < 1.29 is 19.2 Å². The van der Waals surface area contributed by atoms with Gasteiger partial charge in [0.2, 0.25) is 5.91 Å². The molecule has 4 rings (SSSR count). The molecule has 0 bridgehead atoms. The van der Waals surface area contributed by atoms with E-state index in [1.165, 1.54) is 12.1 Å². The first-order valence-electron chi connectivity index (χ1n) is 9.50. The Morgan fingerprint density at radius 1 is 1.10 bits per heavy atom. The van der Waals surface area contributed by atoms with Gasteiger partial charge in [-0.1, -0.05) is 6.07 Å². The summed E-state index contributed by atoms with van der Waals surface area (Å²) in [5.41, 5.74) is 2.99. The van der Waals surface area contributed by atoms with Crippen LogP contribution in [-0.4, -0.2) is 36.5 Å². The van der Waals surface area contributed by atoms with Crippen molar-refractivity contribution in [2.75, 3.05) is 20.8 Å². The molecule has 1 aliphatic heterocycles. The smallest absolute Gasteiger partial charge is 0.269 e. The number of nitro groups is 1. The van der Waals surface area contributed by atoms with E-state index >= 15 is 0 Å². The van der Waals surface area contributed by atoms with Gasteiger partial charge in [0.25, 0.3) is 5.69 Å². The Balaban J connectivity index is 1.51. The average molecular weight is 394 g/mol. The number of benzene rings is 2. The first kappa shape index (κ1) is 19.0. The van der Waals surface area contributed by atoms with Gasteiger partial charge in [0.05, 0.1) is 19.1 Å². The van der Waals surface area contributed by atoms with Gasteiger partial charge in [-0.15, -0.1) is 0 Å². The molecule has 150 valence electrons. The standard InChI is InChI=1S/C22H22N2O5/c1-28-20-8-5-15(12-21(20)29-2)9-10-23-19(17-13-18(17)22(23)25)11-14-3-6-16(7-4-14)24(26)27/h3-8,11-12,17-18H,9-10,13H2,1-2H3/b19-11-. The predicted octanol–water partition coefficient (Wildman–Crippen LogP) is 3.67. The van der Waals surface area contributed by atoms with Crippen molar-refractivity contribution >= 4 is 17.7 Å². The van der Waals surface area contributed by atoms with Crippen LogP contribution in [0.25, 0.3) is 6.08 Å². The number of nitrogens with zero attached hydrogens (tertiary/aromatic N) is 2. The quantitative estimate of drug-likeness (QED) is 0.529. The van der Waals surface area contributed by atoms with Gasteiger partial charge in [0.15, 0.2) is 11.5 Å². The maximum absolute atomic E-state index is 12.7. The number of amides is 1. The van der Waals surface area contributed by atoms with Crippen molar-refractivity contribution in [2.24, 2.45) is 11.8 Å². The maximum Gasteiger partial charge on any atom is 0.269 e. The Labute approximate surface area is 168 Å². The molecule has 2 unspecified atom stereocenters. The van der Waals surface area contributed by atoms with E-state index in [1.54, 1.807) is 26.4 Å². The summed E-state index contributed by atoms with van der Waals surface area (Å²) in [5.74, 6) is 1.87. The maximum atomic E-state index is 12.7. The number of hydrogen-bond donors (Lipinski definition) is 0. The van der Waals surface area contributed by atoms with E-state index in [1.807, 2.05) is 29.2 Å². The average Bonchev–Trinajstić information content (AvgIpc) is 3.49. The van der Waals surface area contributed by atoms with Crippen LogP contribution in [0.5, 0.6) is 11.5 Å². The van der Waals surface area contributed by atoms with Crippen molar-refractivity contribution in [3.05, 3.63) is 69.4 Å². The minimum atomic E-state index is -0.414. The Morgan fingerprint density at radius 3 is 2.48 bits per heavy atom. The van der Waals surface area contributed by atoms with E-state index < -0.39 is 4.92 Å². The second kappa shape index (κ2) is 7.58. The Bertz CT molecular complexity index is 983. The highest BCUT2D eigenvalue weighted by atomic mass is 16.6. The van der Waals surface area contributed by atoms with Gasteiger partial charge in [-0.3, -0.25) is 14.9 Å². The summed E-state index contributed by atoms with van der Waals surface area (Å²) in [6, 6.07) is 12.2. The number of nitro benzene ring substituents is 1. The zero-order chi connectivity index (χ0) is 20.5. The molecule has 1 heterocycles. The van der Waals surface area contributed by atoms with Crippen LogP contribution in [0.15, 0.2) is 48.2 Å². The third kappa shape index (κ3) is 3.68. The van der Waals surface area contributed by atoms with E-state index in [-0.39, 0.29) is 23.4 Å². The SMILES string of the molecule is COc1ccc(CCN2C(=O)C3CC3/C2=C/c2ccc([N+](=O)[O-])cc2)cc1OC. The number of methoxy groups -OCH3 is 2. The van der Waals surface area contributed by atoms with E-state index in [4.69, 9.17) is 9.47 Å². The lowest BCUT2D eigenvalue weighted by atomic mass is 10.1. The molecule has 7 nitrogen and oxygen atoms in total. The molecule has 2 fully saturated rings. The summed E-state index contributed by atoms with van der Waals surface area (Å²) < 4.78 is 10.6. The van der Waals surface area contributed by atoms with E-state index in [0.717, 1.165) is 23.2 Å². The topological polar surface area (TPSA) is 81.9 Å². The zero-order valence-electron chi connectivity index (χ0n) is 16.3. The van der Waals surface area contributed by atoms with Crippen LogP contribution >= 0.6 is 0 Å². The normalized spacial score (nSPS) is 21.2. The van der Waals surface area contributed by atoms with Gasteiger partial charge in [0, 0.05) is 36.2 Å². The Hall–Kier alpha value is -3.35. The molecule has 0 N–H and O–H groups in total. The Morgan fingerprint density at radius 2 is 1.83 bits per heavy atom. The minimum absolute atomic E-state index is 0.0595. The molecule has 0 spiro atoms. The Kier molecular flexibility index (Phi) is 4.96. The third-order valence-electron chi connectivity index (χ3n) is 5.56. The molecule has 0 radical (unpaired) electrons. The van der Waals surface area contributed by atoms with Crippen molar-refractivity contribution in [3.8, 4) is 11.5 Å². The highest BCUT2D eigenvalue weighted by Gasteiger charge is 2.55. The summed E-state index contributed by atoms with van der Waals surface area (Å²) in [4.78, 5) is 25.0. The van der Waals surface area contributed by atoms with Crippen LogP contribution in [0.3, 0.4) is 0 Å². The number of allylic oxidation sites excluding steroid dienone is 1. The van der Waals surface area contributed by atoms with Crippen molar-refractivity contribution in [2.45, 2.75) is 12.8 Å². The number of piperidine rings is 1. The van der Waals surface area contributed by atoms with Crippen LogP contribution in [0, 0.1) is 22.0 Å². The minimum Gasteiger partial charge on any atom is -0.493 e. The third-order valence-corrected chi connectivity index (χ3v) is 5.56. The lowest BCUT2D eigenvalue weighted by molar-refractivity contribution is -0.384. The summed E-state index contributed by atoms with van der Waals surface area (Å²) >= 11 is 0. The highest BCUT2D eigenvalue weighted by molar-refractivity contribution is 5.90. The van der Waals surface area contributed by atoms with Crippen LogP contribution < -0.4 is 9.47 Å². The summed E-state index contributed by atoms with van der Waals surface area (Å²) in [7, 11) is 3.20. The molecule has 2 atom stereocenters. The lowest BCUT2D eigenvalue weighted by Crippen LogP contribution is -2.29. The molecular formula is C22H22N2O5. The fourth-order valence-electron chi connectivity index (χ4n) is 3.89. The largest absolute Gasteiger partial charge is 0.493 e. The number of ether oxygens (including phenoxy) is 2. The molecule has 7 heteroatoms. The molecule has 1 saturated carbocycles. The van der Waals surface area contributed by atoms with E-state index in [2.05, 4.69) is 0 Å². The number of hydrogen-bond acceptors (Lipinski definition) is 5. The number of fused-ring (bicyclic) bond motifs is 1. The molecular weight excluding hydrogens is 372 g/mol. The van der Waals surface area contributed by atoms with Crippen LogP contribution in [0.2, 0.25) is 0 Å². The fraction of sp³-hybridized carbons (Fsp3) is 0.318. The zero-order valence-corrected chi connectivity index (χ0v) is 16.3. The molecule has 29 heavy (non-hydrogen) atoms. The molecule has 0 aromatic heterocycles. The summed E-state index contributed by atoms with van der Waals surface area (Å²) in [6.07, 6.45) is 3.57. The molecule has 2 aliphatic rings. The first-order valence-corrected chi connectivity index (χ1v) is 9.50. The van der Waals surface area contributed by atoms with Gasteiger partial charge in [-0.2, -0.15) is 0 Å². The molecule has 2 aromatic rings. The lowest BCUT2D eigenvalue weighted by Gasteiger charge is -2.21. The van der Waals surface area contributed by atoms with Crippen molar-refractivity contribution in [3.63, 3.8) is 0 Å². The second-order valence-electron chi connectivity index (χ2n) is 7.30. The fourth-order valence-corrected chi connectivity index (χ4v) is 3.89. The summed E-state index contributed by atoms with van der Waals surface area (Å²) in [5, 5.41) is 10.8. The second-order valence-corrected chi connectivity index (χ2v) is 7.30. The molecule has 1 amide bonds. The van der Waals surface area contributed by atoms with Gasteiger partial charge in [-0.25, -0.2) is 0 Å². The van der Waals surface area contributed by atoms with Crippen molar-refractivity contribution in [1.82, 2.24) is 4.90 Å². The summed E-state index contributed by atoms with van der Waals surface area (Å²) in [6.45, 7) is 0.583. The number of likely N-dealkylation sites (tertiary alicyclic amines) is 1. The van der Waals surface area contributed by atoms with Gasteiger partial charge >= 0.3 is 0 Å². The van der Waals surface area contributed by atoms with E-state index in [9.17, 15) is 14.9 Å². The number of carbonyl (C=O) groups is 1. The van der Waals surface area contributed by atoms with Crippen LogP contribution in [-0.2, 0) is 11.2 Å². The van der Waals surface area contributed by atoms with Crippen molar-refractivity contribution in [1.29, 1.82) is 0 Å². The molecule has 1 aliphatic carbocycles. The van der Waals surface area contributed by atoms with Gasteiger partial charge in [0.1, 0.15) is 0 Å².